The number of benzene rings is 3. The molecule has 0 unspecified atom stereocenters. The van der Waals surface area contributed by atoms with Gasteiger partial charge in [0.15, 0.2) is 10.2 Å². The van der Waals surface area contributed by atoms with Crippen LogP contribution >= 0.6 is 23.5 Å². The molecule has 3 heterocycles. The Morgan fingerprint density at radius 2 is 1.83 bits per heavy atom. The van der Waals surface area contributed by atoms with Gasteiger partial charge < -0.3 is 9.30 Å². The van der Waals surface area contributed by atoms with E-state index < -0.39 is 5.91 Å². The number of amidine groups is 2. The largest absolute Gasteiger partial charge is 0.493 e. The molecule has 6 rings (SSSR count). The molecule has 0 bridgehead atoms. The molecule has 2 aliphatic heterocycles. The summed E-state index contributed by atoms with van der Waals surface area (Å²) in [6, 6.07) is 24.4. The number of nitrogens with zero attached hydrogens (tertiary/aromatic N) is 4. The first kappa shape index (κ1) is 27.1. The number of carbonyl (C=O) groups excluding carboxylic acids is 1. The second-order valence-electron chi connectivity index (χ2n) is 9.86. The molecule has 1 amide bonds. The third kappa shape index (κ3) is 5.73. The van der Waals surface area contributed by atoms with Gasteiger partial charge in [-0.2, -0.15) is 10.0 Å². The van der Waals surface area contributed by atoms with Crippen LogP contribution in [0.25, 0.3) is 17.0 Å². The van der Waals surface area contributed by atoms with Gasteiger partial charge in [-0.1, -0.05) is 72.4 Å². The van der Waals surface area contributed by atoms with Gasteiger partial charge >= 0.3 is 0 Å². The predicted molar refractivity (Wildman–Crippen MR) is 171 cm³/mol. The summed E-state index contributed by atoms with van der Waals surface area (Å²) in [5, 5.41) is 16.3. The quantitative estimate of drug-likeness (QED) is 0.176. The van der Waals surface area contributed by atoms with Crippen molar-refractivity contribution in [3.05, 3.63) is 107 Å². The Balaban J connectivity index is 1.18. The lowest BCUT2D eigenvalue weighted by molar-refractivity contribution is -0.114. The minimum atomic E-state index is -0.419. The standard InChI is InChI=1S/C32H29N5O2S2/c1-21-10-8-15-28(22(21)2)39-17-9-16-36-19-24(25-13-6-7-14-27(25)36)18-26-29(33)37-31(34-30(26)38)41-32(35-37)40-20-23-11-4-3-5-12-23/h3-8,10-15,18-19,33H,9,16-17,20H2,1-2H3. The average molecular weight is 580 g/mol. The van der Waals surface area contributed by atoms with Crippen LogP contribution in [0.15, 0.2) is 94.7 Å². The molecule has 0 aliphatic carbocycles. The Labute approximate surface area is 247 Å². The van der Waals surface area contributed by atoms with Crippen molar-refractivity contribution in [1.29, 1.82) is 5.41 Å². The molecule has 41 heavy (non-hydrogen) atoms. The number of amides is 1. The lowest BCUT2D eigenvalue weighted by atomic mass is 10.1. The van der Waals surface area contributed by atoms with Crippen molar-refractivity contribution in [2.45, 2.75) is 32.6 Å². The number of carbonyl (C=O) groups is 1. The first-order chi connectivity index (χ1) is 20.0. The van der Waals surface area contributed by atoms with Gasteiger partial charge in [-0.05, 0) is 66.9 Å². The van der Waals surface area contributed by atoms with Gasteiger partial charge in [0.2, 0.25) is 5.17 Å². The number of nitrogens with one attached hydrogen (secondary N) is 1. The van der Waals surface area contributed by atoms with Gasteiger partial charge in [0.25, 0.3) is 5.91 Å². The molecule has 1 aromatic heterocycles. The normalized spacial score (nSPS) is 15.9. The molecular formula is C32H29N5O2S2. The van der Waals surface area contributed by atoms with Gasteiger partial charge in [0, 0.05) is 35.0 Å². The number of aromatic nitrogens is 1. The minimum absolute atomic E-state index is 0.0431. The van der Waals surface area contributed by atoms with Crippen LogP contribution in [-0.4, -0.2) is 37.5 Å². The smallest absolute Gasteiger partial charge is 0.283 e. The van der Waals surface area contributed by atoms with Gasteiger partial charge in [-0.3, -0.25) is 10.2 Å². The Morgan fingerprint density at radius 1 is 1.02 bits per heavy atom. The Hall–Kier alpha value is -4.08. The third-order valence-electron chi connectivity index (χ3n) is 7.12. The van der Waals surface area contributed by atoms with E-state index in [1.807, 2.05) is 54.7 Å². The van der Waals surface area contributed by atoms with E-state index in [0.717, 1.165) is 45.3 Å². The number of para-hydroxylation sites is 1. The molecular weight excluding hydrogens is 551 g/mol. The average Bonchev–Trinajstić information content (AvgIpc) is 3.56. The van der Waals surface area contributed by atoms with Crippen molar-refractivity contribution in [2.24, 2.45) is 10.1 Å². The zero-order valence-corrected chi connectivity index (χ0v) is 24.5. The molecule has 2 aliphatic rings. The van der Waals surface area contributed by atoms with E-state index >= 15 is 0 Å². The van der Waals surface area contributed by atoms with Crippen LogP contribution in [0.4, 0.5) is 0 Å². The zero-order chi connectivity index (χ0) is 28.3. The molecule has 0 saturated carbocycles. The van der Waals surface area contributed by atoms with E-state index in [0.29, 0.717) is 11.8 Å². The highest BCUT2D eigenvalue weighted by molar-refractivity contribution is 8.45. The van der Waals surface area contributed by atoms with Crippen LogP contribution < -0.4 is 4.74 Å². The van der Waals surface area contributed by atoms with Crippen LogP contribution in [-0.2, 0) is 17.1 Å². The number of hydrazone groups is 1. The van der Waals surface area contributed by atoms with Crippen LogP contribution in [0, 0.1) is 19.3 Å². The maximum atomic E-state index is 13.1. The summed E-state index contributed by atoms with van der Waals surface area (Å²) < 4.78 is 9.02. The van der Waals surface area contributed by atoms with E-state index in [-0.39, 0.29) is 11.4 Å². The molecule has 7 nitrogen and oxygen atoms in total. The lowest BCUT2D eigenvalue weighted by Gasteiger charge is -2.20. The highest BCUT2D eigenvalue weighted by Crippen LogP contribution is 2.34. The number of hydrogen-bond donors (Lipinski definition) is 1. The molecule has 1 N–H and O–H groups in total. The van der Waals surface area contributed by atoms with E-state index in [4.69, 9.17) is 10.1 Å². The number of ether oxygens (including phenoxy) is 1. The second-order valence-corrected chi connectivity index (χ2v) is 12.0. The molecule has 9 heteroatoms. The zero-order valence-electron chi connectivity index (χ0n) is 22.8. The molecule has 0 spiro atoms. The summed E-state index contributed by atoms with van der Waals surface area (Å²) in [5.74, 6) is 1.30. The summed E-state index contributed by atoms with van der Waals surface area (Å²) in [6.45, 7) is 5.53. The number of aliphatic imine (C=N–C) groups is 1. The predicted octanol–water partition coefficient (Wildman–Crippen LogP) is 7.24. The van der Waals surface area contributed by atoms with Gasteiger partial charge in [0.05, 0.1) is 12.2 Å². The van der Waals surface area contributed by atoms with Crippen molar-refractivity contribution in [3.63, 3.8) is 0 Å². The molecule has 3 aromatic carbocycles. The summed E-state index contributed by atoms with van der Waals surface area (Å²) in [6.07, 6.45) is 4.64. The number of thioether (sulfide) groups is 2. The third-order valence-corrected chi connectivity index (χ3v) is 9.23. The van der Waals surface area contributed by atoms with Gasteiger partial charge in [-0.25, -0.2) is 0 Å². The van der Waals surface area contributed by atoms with E-state index in [1.54, 1.807) is 17.8 Å². The summed E-state index contributed by atoms with van der Waals surface area (Å²) >= 11 is 2.91. The highest BCUT2D eigenvalue weighted by atomic mass is 32.2. The summed E-state index contributed by atoms with van der Waals surface area (Å²) in [4.78, 5) is 17.3. The Morgan fingerprint density at radius 3 is 2.68 bits per heavy atom. The topological polar surface area (TPSA) is 83.0 Å². The fourth-order valence-corrected chi connectivity index (χ4v) is 6.66. The monoisotopic (exact) mass is 579 g/mol. The fraction of sp³-hybridized carbons (Fsp3) is 0.188. The molecule has 0 saturated heterocycles. The van der Waals surface area contributed by atoms with Crippen molar-refractivity contribution >= 4 is 61.8 Å². The number of hydrogen-bond acceptors (Lipinski definition) is 6. The molecule has 0 radical (unpaired) electrons. The van der Waals surface area contributed by atoms with Crippen molar-refractivity contribution in [1.82, 2.24) is 9.58 Å². The second kappa shape index (κ2) is 11.8. The van der Waals surface area contributed by atoms with Crippen LogP contribution in [0.2, 0.25) is 0 Å². The van der Waals surface area contributed by atoms with E-state index in [2.05, 4.69) is 52.8 Å². The highest BCUT2D eigenvalue weighted by Gasteiger charge is 2.36. The maximum Gasteiger partial charge on any atom is 0.283 e. The van der Waals surface area contributed by atoms with Gasteiger partial charge in [-0.15, -0.1) is 5.10 Å². The number of fused-ring (bicyclic) bond motifs is 2. The summed E-state index contributed by atoms with van der Waals surface area (Å²) in [5.41, 5.74) is 5.75. The number of rotatable bonds is 8. The van der Waals surface area contributed by atoms with Crippen LogP contribution in [0.5, 0.6) is 5.75 Å². The van der Waals surface area contributed by atoms with Crippen molar-refractivity contribution in [3.8, 4) is 5.75 Å². The SMILES string of the molecule is Cc1cccc(OCCCn2cc(C=C3C(=N)N4N=C(SCc5ccccc5)SC4=NC3=O)c3ccccc32)c1C. The van der Waals surface area contributed by atoms with Crippen molar-refractivity contribution < 1.29 is 9.53 Å². The molecule has 206 valence electrons. The van der Waals surface area contributed by atoms with Gasteiger partial charge in [0.1, 0.15) is 5.75 Å². The Kier molecular flexibility index (Phi) is 7.80. The van der Waals surface area contributed by atoms with Crippen LogP contribution in [0.1, 0.15) is 28.7 Å². The molecule has 0 atom stereocenters. The minimum Gasteiger partial charge on any atom is -0.493 e. The number of aryl methyl sites for hydroxylation is 2. The van der Waals surface area contributed by atoms with E-state index in [1.165, 1.54) is 33.5 Å². The van der Waals surface area contributed by atoms with Crippen LogP contribution in [0.3, 0.4) is 0 Å². The first-order valence-electron chi connectivity index (χ1n) is 13.4. The summed E-state index contributed by atoms with van der Waals surface area (Å²) in [7, 11) is 0. The fourth-order valence-electron chi connectivity index (χ4n) is 4.78. The molecule has 0 fully saturated rings. The van der Waals surface area contributed by atoms with E-state index in [9.17, 15) is 4.79 Å². The Bertz CT molecular complexity index is 1740. The lowest BCUT2D eigenvalue weighted by Crippen LogP contribution is -2.35. The first-order valence-corrected chi connectivity index (χ1v) is 15.2. The van der Waals surface area contributed by atoms with Crippen molar-refractivity contribution in [2.75, 3.05) is 6.61 Å². The molecule has 4 aromatic rings. The maximum absolute atomic E-state index is 13.1.